The van der Waals surface area contributed by atoms with Gasteiger partial charge in [-0.2, -0.15) is 17.2 Å². The van der Waals surface area contributed by atoms with Crippen LogP contribution in [0.25, 0.3) is 21.8 Å². The van der Waals surface area contributed by atoms with Crippen LogP contribution in [0.4, 0.5) is 5.69 Å². The molecule has 0 aliphatic carbocycles. The molecule has 0 saturated heterocycles. The summed E-state index contributed by atoms with van der Waals surface area (Å²) in [6, 6.07) is 12.4. The number of benzene rings is 2. The van der Waals surface area contributed by atoms with Crippen molar-refractivity contribution in [1.29, 1.82) is 0 Å². The molecule has 7 nitrogen and oxygen atoms in total. The van der Waals surface area contributed by atoms with Gasteiger partial charge in [0, 0.05) is 24.9 Å². The van der Waals surface area contributed by atoms with Gasteiger partial charge in [-0.3, -0.25) is 4.79 Å². The highest BCUT2D eigenvalue weighted by Gasteiger charge is 2.26. The van der Waals surface area contributed by atoms with Gasteiger partial charge >= 0.3 is 5.97 Å². The van der Waals surface area contributed by atoms with Gasteiger partial charge in [-0.15, -0.1) is 0 Å². The van der Waals surface area contributed by atoms with Crippen LogP contribution in [0.15, 0.2) is 42.5 Å². The molecule has 3 rings (SSSR count). The van der Waals surface area contributed by atoms with E-state index in [1.54, 1.807) is 6.07 Å². The smallest absolute Gasteiger partial charge is 0.326 e. The molecule has 1 aromatic heterocycles. The highest BCUT2D eigenvalue weighted by atomic mass is 32.1. The van der Waals surface area contributed by atoms with Crippen molar-refractivity contribution in [3.05, 3.63) is 48.0 Å². The summed E-state index contributed by atoms with van der Waals surface area (Å²) >= 11 is 4.19. The molecule has 1 amide bonds. The van der Waals surface area contributed by atoms with Crippen LogP contribution in [0.1, 0.15) is 10.4 Å². The predicted octanol–water partition coefficient (Wildman–Crippen LogP) is 1.90. The number of aliphatic carboxylic acids is 1. The Bertz CT molecular complexity index is 1100. The number of carbonyl (C=O) groups excluding carboxylic acids is 1. The third-order valence-corrected chi connectivity index (χ3v) is 5.43. The fourth-order valence-corrected chi connectivity index (χ4v) is 3.78. The van der Waals surface area contributed by atoms with Crippen LogP contribution >= 0.6 is 12.6 Å². The van der Waals surface area contributed by atoms with Gasteiger partial charge in [0.15, 0.2) is 0 Å². The Labute approximate surface area is 181 Å². The Hall–Kier alpha value is -2.84. The van der Waals surface area contributed by atoms with Crippen molar-refractivity contribution >= 4 is 52.0 Å². The molecule has 3 aromatic rings. The molecular weight excluding hydrogens is 400 g/mol. The first-order chi connectivity index (χ1) is 14.3. The van der Waals surface area contributed by atoms with Crippen molar-refractivity contribution in [2.24, 2.45) is 7.05 Å². The molecule has 1 unspecified atom stereocenters. The second-order valence-corrected chi connectivity index (χ2v) is 7.79. The minimum Gasteiger partial charge on any atom is -0.480 e. The molecule has 0 aliphatic rings. The predicted molar refractivity (Wildman–Crippen MR) is 122 cm³/mol. The van der Waals surface area contributed by atoms with Crippen LogP contribution in [-0.4, -0.2) is 60.9 Å². The van der Waals surface area contributed by atoms with Crippen LogP contribution < -0.4 is 15.2 Å². The van der Waals surface area contributed by atoms with Gasteiger partial charge in [-0.05, 0) is 32.3 Å². The van der Waals surface area contributed by atoms with E-state index in [-0.39, 0.29) is 11.7 Å². The zero-order chi connectivity index (χ0) is 21.8. The average molecular weight is 428 g/mol. The van der Waals surface area contributed by atoms with Crippen molar-refractivity contribution in [3.63, 3.8) is 0 Å². The van der Waals surface area contributed by atoms with E-state index in [2.05, 4.69) is 23.3 Å². The third-order valence-electron chi connectivity index (χ3n) is 5.06. The van der Waals surface area contributed by atoms with Gasteiger partial charge in [0.2, 0.25) is 11.0 Å². The summed E-state index contributed by atoms with van der Waals surface area (Å²) in [6.45, 7) is 1.27. The van der Waals surface area contributed by atoms with E-state index < -0.39 is 12.0 Å². The Morgan fingerprint density at radius 3 is 2.50 bits per heavy atom. The number of aromatic nitrogens is 1. The highest BCUT2D eigenvalue weighted by Crippen LogP contribution is 2.31. The van der Waals surface area contributed by atoms with Gasteiger partial charge in [-0.25, -0.2) is 4.79 Å². The molecule has 8 heteroatoms. The van der Waals surface area contributed by atoms with Crippen LogP contribution in [0.3, 0.4) is 0 Å². The number of hydrogen-bond acceptors (Lipinski definition) is 5. The average Bonchev–Trinajstić information content (AvgIpc) is 2.72. The molecule has 0 saturated carbocycles. The van der Waals surface area contributed by atoms with E-state index in [0.717, 1.165) is 28.4 Å². The zero-order valence-corrected chi connectivity index (χ0v) is 18.2. The number of thiol groups is 1. The maximum absolute atomic E-state index is 13.0. The monoisotopic (exact) mass is 427 g/mol. The number of amides is 1. The number of pyridine rings is 1. The first kappa shape index (κ1) is 21.9. The summed E-state index contributed by atoms with van der Waals surface area (Å²) in [6.07, 6.45) is 0. The van der Waals surface area contributed by atoms with Gasteiger partial charge in [0.1, 0.15) is 18.7 Å². The minimum atomic E-state index is -0.979. The topological polar surface area (TPSA) is 85.5 Å². The molecule has 2 aromatic carbocycles. The zero-order valence-electron chi connectivity index (χ0n) is 17.3. The lowest BCUT2D eigenvalue weighted by atomic mass is 10.0. The summed E-state index contributed by atoms with van der Waals surface area (Å²) in [5, 5.41) is 17.3. The van der Waals surface area contributed by atoms with E-state index in [0.29, 0.717) is 17.8 Å². The number of aryl methyl sites for hydroxylation is 1. The molecule has 30 heavy (non-hydrogen) atoms. The summed E-state index contributed by atoms with van der Waals surface area (Å²) < 4.78 is 1.98. The van der Waals surface area contributed by atoms with Crippen LogP contribution in [0.2, 0.25) is 0 Å². The summed E-state index contributed by atoms with van der Waals surface area (Å²) in [7, 11) is 5.82. The fourth-order valence-electron chi connectivity index (χ4n) is 3.54. The maximum atomic E-state index is 13.0. The molecule has 1 atom stereocenters. The number of carbonyl (C=O) groups is 2. The number of nitrogens with zero attached hydrogens (tertiary/aromatic N) is 2. The standard InChI is InChI=1S/C22H26N4O3S/c1-25(2)12-11-23-21(27)16-9-6-8-15-19(24-17(13-30)22(28)29)14-7-4-5-10-18(14)26(3)20(15)16/h4-10,17H,11-13H2,1-3H3,(H3,23,27,28,29,30)/p+1. The minimum absolute atomic E-state index is 0.136. The number of hydrogen-bond donors (Lipinski definition) is 4. The van der Waals surface area contributed by atoms with Gasteiger partial charge in [-0.1, -0.05) is 18.2 Å². The largest absolute Gasteiger partial charge is 0.480 e. The summed E-state index contributed by atoms with van der Waals surface area (Å²) in [5.74, 6) is -1.01. The number of rotatable bonds is 8. The Morgan fingerprint density at radius 2 is 1.83 bits per heavy atom. The number of anilines is 1. The van der Waals surface area contributed by atoms with E-state index in [1.807, 2.05) is 67.0 Å². The van der Waals surface area contributed by atoms with Crippen molar-refractivity contribution in [2.45, 2.75) is 6.04 Å². The fraction of sp³-hybridized carbons (Fsp3) is 0.318. The summed E-state index contributed by atoms with van der Waals surface area (Å²) in [4.78, 5) is 26.6. The lowest BCUT2D eigenvalue weighted by Crippen LogP contribution is -2.37. The van der Waals surface area contributed by atoms with Crippen molar-refractivity contribution in [1.82, 2.24) is 10.2 Å². The quantitative estimate of drug-likeness (QED) is 0.251. The first-order valence-electron chi connectivity index (χ1n) is 9.71. The molecule has 158 valence electrons. The second kappa shape index (κ2) is 9.32. The van der Waals surface area contributed by atoms with Gasteiger partial charge in [0.05, 0.1) is 16.5 Å². The number of carboxylic acid groups (broad SMARTS) is 1. The maximum Gasteiger partial charge on any atom is 0.326 e. The molecule has 0 aliphatic heterocycles. The highest BCUT2D eigenvalue weighted by molar-refractivity contribution is 7.80. The number of para-hydroxylation sites is 2. The second-order valence-electron chi connectivity index (χ2n) is 7.43. The van der Waals surface area contributed by atoms with Gasteiger partial charge < -0.3 is 20.6 Å². The first-order valence-corrected chi connectivity index (χ1v) is 10.3. The number of likely N-dealkylation sites (N-methyl/N-ethyl adjacent to an activating group) is 1. The molecule has 0 fully saturated rings. The van der Waals surface area contributed by atoms with Crippen molar-refractivity contribution in [3.8, 4) is 0 Å². The lowest BCUT2D eigenvalue weighted by Gasteiger charge is -2.18. The van der Waals surface area contributed by atoms with Crippen LogP contribution in [0.5, 0.6) is 0 Å². The van der Waals surface area contributed by atoms with Crippen LogP contribution in [0, 0.1) is 0 Å². The Morgan fingerprint density at radius 1 is 1.13 bits per heavy atom. The molecule has 3 N–H and O–H groups in total. The number of nitrogens with one attached hydrogen (secondary N) is 2. The van der Waals surface area contributed by atoms with E-state index in [4.69, 9.17) is 0 Å². The Balaban J connectivity index is 2.20. The summed E-state index contributed by atoms with van der Waals surface area (Å²) in [5.41, 5.74) is 2.86. The molecule has 0 bridgehead atoms. The molecule has 0 spiro atoms. The van der Waals surface area contributed by atoms with E-state index in [9.17, 15) is 14.7 Å². The lowest BCUT2D eigenvalue weighted by molar-refractivity contribution is -0.617. The van der Waals surface area contributed by atoms with E-state index >= 15 is 0 Å². The van der Waals surface area contributed by atoms with E-state index in [1.165, 1.54) is 0 Å². The third kappa shape index (κ3) is 4.34. The number of fused-ring (bicyclic) bond motifs is 2. The Kier molecular flexibility index (Phi) is 6.79. The normalized spacial score (nSPS) is 12.3. The SMILES string of the molecule is CN(C)CCNC(=O)c1cccc2c(NC(CS)C(=O)O)c3ccccc3[n+](C)c12. The molecular formula is C22H27N4O3S+. The number of carboxylic acids is 1. The van der Waals surface area contributed by atoms with Gasteiger partial charge in [0.25, 0.3) is 5.91 Å². The van der Waals surface area contributed by atoms with Crippen molar-refractivity contribution in [2.75, 3.05) is 38.3 Å². The molecule has 0 radical (unpaired) electrons. The van der Waals surface area contributed by atoms with Crippen LogP contribution in [-0.2, 0) is 11.8 Å². The molecule has 1 heterocycles. The van der Waals surface area contributed by atoms with Crippen molar-refractivity contribution < 1.29 is 19.3 Å².